The number of nitrogens with zero attached hydrogens (tertiary/aromatic N) is 3. The van der Waals surface area contributed by atoms with E-state index in [0.29, 0.717) is 17.1 Å². The van der Waals surface area contributed by atoms with Gasteiger partial charge in [0.15, 0.2) is 0 Å². The Labute approximate surface area is 158 Å². The maximum Gasteiger partial charge on any atom is 2.00 e. The van der Waals surface area contributed by atoms with Crippen molar-refractivity contribution in [2.45, 2.75) is 46.2 Å². The molecule has 0 N–H and O–H groups in total. The van der Waals surface area contributed by atoms with Gasteiger partial charge in [-0.1, -0.05) is 18.2 Å². The van der Waals surface area contributed by atoms with Crippen molar-refractivity contribution in [1.29, 1.82) is 0 Å². The van der Waals surface area contributed by atoms with Crippen LogP contribution in [0.1, 0.15) is 34.1 Å². The molecule has 0 radical (unpaired) electrons. The van der Waals surface area contributed by atoms with E-state index in [1.807, 2.05) is 6.21 Å². The van der Waals surface area contributed by atoms with Crippen LogP contribution in [0.15, 0.2) is 33.8 Å². The van der Waals surface area contributed by atoms with E-state index in [1.54, 1.807) is 0 Å². The summed E-state index contributed by atoms with van der Waals surface area (Å²) in [5, 5.41) is 0.618. The summed E-state index contributed by atoms with van der Waals surface area (Å²) in [6, 6.07) is 0.798. The van der Waals surface area contributed by atoms with Gasteiger partial charge < -0.3 is 39.6 Å². The van der Waals surface area contributed by atoms with E-state index in [2.05, 4.69) is 61.1 Å². The van der Waals surface area contributed by atoms with Gasteiger partial charge in [-0.15, -0.1) is 17.8 Å². The van der Waals surface area contributed by atoms with Crippen LogP contribution >= 0.6 is 11.6 Å². The van der Waals surface area contributed by atoms with Crippen LogP contribution in [0.2, 0.25) is 0 Å². The fourth-order valence-electron chi connectivity index (χ4n) is 2.15. The molecule has 2 aliphatic heterocycles. The van der Waals surface area contributed by atoms with E-state index in [4.69, 9.17) is 11.6 Å². The molecule has 0 aliphatic carbocycles. The third kappa shape index (κ3) is 5.01. The Morgan fingerprint density at radius 2 is 1.57 bits per heavy atom. The molecule has 0 bridgehead atoms. The molecule has 0 atom stereocenters. The average Bonchev–Trinajstić information content (AvgIpc) is 2.74. The van der Waals surface area contributed by atoms with Crippen molar-refractivity contribution < 1.29 is 45.2 Å². The predicted octanol–water partition coefficient (Wildman–Crippen LogP) is -2.53. The summed E-state index contributed by atoms with van der Waals surface area (Å²) < 4.78 is 0. The molecular formula is C14H19Cl3N3Pd-. The Bertz CT molecular complexity index is 436. The number of hydrogen-bond donors (Lipinski definition) is 0. The summed E-state index contributed by atoms with van der Waals surface area (Å²) in [5.41, 5.74) is 1.10. The van der Waals surface area contributed by atoms with Crippen LogP contribution in [-0.2, 0) is 20.4 Å². The fraction of sp³-hybridized carbons (Fsp3) is 0.500. The summed E-state index contributed by atoms with van der Waals surface area (Å²) in [7, 11) is 0. The molecule has 0 saturated carbocycles. The molecule has 0 amide bonds. The van der Waals surface area contributed by atoms with Crippen molar-refractivity contribution in [1.82, 2.24) is 9.80 Å². The minimum Gasteiger partial charge on any atom is -1.00 e. The summed E-state index contributed by atoms with van der Waals surface area (Å²) >= 11 is 6.26. The zero-order chi connectivity index (χ0) is 13.3. The molecule has 0 fully saturated rings. The number of rotatable bonds is 2. The van der Waals surface area contributed by atoms with Crippen molar-refractivity contribution in [3.05, 3.63) is 35.0 Å². The quantitative estimate of drug-likeness (QED) is 0.347. The second kappa shape index (κ2) is 9.92. The van der Waals surface area contributed by atoms with E-state index in [1.165, 1.54) is 0 Å². The number of halogens is 3. The first-order valence-electron chi connectivity index (χ1n) is 6.31. The molecular weight excluding hydrogens is 423 g/mol. The van der Waals surface area contributed by atoms with Crippen LogP contribution in [0.5, 0.6) is 0 Å². The molecule has 0 aromatic rings. The molecule has 122 valence electrons. The van der Waals surface area contributed by atoms with E-state index >= 15 is 0 Å². The topological polar surface area (TPSA) is 18.8 Å². The second-order valence-corrected chi connectivity index (χ2v) is 5.42. The molecule has 2 rings (SSSR count). The molecule has 0 aromatic heterocycles. The first-order valence-corrected chi connectivity index (χ1v) is 6.68. The van der Waals surface area contributed by atoms with Crippen molar-refractivity contribution in [2.24, 2.45) is 4.99 Å². The minimum atomic E-state index is 0. The summed E-state index contributed by atoms with van der Waals surface area (Å²) in [4.78, 5) is 8.48. The molecule has 2 heterocycles. The molecule has 0 saturated heterocycles. The number of hydrogen-bond acceptors (Lipinski definition) is 3. The summed E-state index contributed by atoms with van der Waals surface area (Å²) in [6.07, 6.45) is 9.68. The summed E-state index contributed by atoms with van der Waals surface area (Å²) in [5.74, 6) is 1.16. The molecule has 3 nitrogen and oxygen atoms in total. The Hall–Kier alpha value is 0.0223. The van der Waals surface area contributed by atoms with Gasteiger partial charge in [-0.25, -0.2) is 0 Å². The average molecular weight is 442 g/mol. The van der Waals surface area contributed by atoms with Gasteiger partial charge in [0.2, 0.25) is 0 Å². The van der Waals surface area contributed by atoms with Crippen molar-refractivity contribution in [3.63, 3.8) is 0 Å². The number of aliphatic imine (C=N–C) groups is 1. The maximum absolute atomic E-state index is 6.26. The molecule has 21 heavy (non-hydrogen) atoms. The van der Waals surface area contributed by atoms with Crippen molar-refractivity contribution in [2.75, 3.05) is 0 Å². The van der Waals surface area contributed by atoms with Gasteiger partial charge in [0, 0.05) is 24.5 Å². The van der Waals surface area contributed by atoms with Crippen LogP contribution < -0.4 is 24.8 Å². The zero-order valence-electron chi connectivity index (χ0n) is 12.4. The van der Waals surface area contributed by atoms with Gasteiger partial charge in [-0.2, -0.15) is 0 Å². The van der Waals surface area contributed by atoms with Crippen LogP contribution in [0.3, 0.4) is 0 Å². The van der Waals surface area contributed by atoms with E-state index in [9.17, 15) is 0 Å². The SMILES string of the molecule is CC(C)N1C=CN(C(C)C)C1=C1CC=N[C-]=C1Cl.[Cl-].[Cl-].[Pd+2]. The van der Waals surface area contributed by atoms with Gasteiger partial charge in [0.25, 0.3) is 0 Å². The molecule has 0 unspecified atom stereocenters. The van der Waals surface area contributed by atoms with Gasteiger partial charge in [0.05, 0.1) is 5.82 Å². The largest absolute Gasteiger partial charge is 2.00 e. The molecule has 2 aliphatic rings. The van der Waals surface area contributed by atoms with Gasteiger partial charge >= 0.3 is 20.4 Å². The summed E-state index contributed by atoms with van der Waals surface area (Å²) in [6.45, 7) is 8.69. The smallest absolute Gasteiger partial charge is 1.00 e. The van der Waals surface area contributed by atoms with Crippen molar-refractivity contribution >= 4 is 17.8 Å². The first kappa shape index (κ1) is 23.3. The standard InChI is InChI=1S/C14H19ClN3.2ClH.Pd/c1-10(2)17-7-8-18(11(3)4)14(17)12-5-6-16-9-13(12)15;;;/h6-8,10-11H,5H2,1-4H3;2*1H;/q-1;;;+2/p-2. The Morgan fingerprint density at radius 1 is 1.10 bits per heavy atom. The Balaban J connectivity index is 0. The van der Waals surface area contributed by atoms with E-state index in [-0.39, 0.29) is 45.2 Å². The zero-order valence-corrected chi connectivity index (χ0v) is 16.2. The van der Waals surface area contributed by atoms with Gasteiger partial charge in [0.1, 0.15) is 0 Å². The minimum absolute atomic E-state index is 0. The fourth-order valence-corrected chi connectivity index (χ4v) is 2.36. The normalized spacial score (nSPS) is 16.8. The van der Waals surface area contributed by atoms with Crippen LogP contribution in [-0.4, -0.2) is 28.1 Å². The van der Waals surface area contributed by atoms with E-state index < -0.39 is 0 Å². The van der Waals surface area contributed by atoms with Crippen LogP contribution in [0.4, 0.5) is 0 Å². The first-order chi connectivity index (χ1) is 8.52. The Morgan fingerprint density at radius 3 is 1.95 bits per heavy atom. The Kier molecular flexibility index (Phi) is 11.0. The monoisotopic (exact) mass is 440 g/mol. The molecule has 0 aromatic carbocycles. The van der Waals surface area contributed by atoms with E-state index in [0.717, 1.165) is 17.8 Å². The van der Waals surface area contributed by atoms with Gasteiger partial charge in [-0.05, 0) is 32.7 Å². The number of allylic oxidation sites excluding steroid dienone is 2. The second-order valence-electron chi connectivity index (χ2n) is 5.04. The maximum atomic E-state index is 6.26. The predicted molar refractivity (Wildman–Crippen MR) is 75.8 cm³/mol. The van der Waals surface area contributed by atoms with Crippen molar-refractivity contribution in [3.8, 4) is 0 Å². The third-order valence-corrected chi connectivity index (χ3v) is 3.39. The van der Waals surface area contributed by atoms with Gasteiger partial charge in [-0.3, -0.25) is 0 Å². The third-order valence-electron chi connectivity index (χ3n) is 3.07. The molecule has 7 heteroatoms. The van der Waals surface area contributed by atoms with Crippen LogP contribution in [0.25, 0.3) is 0 Å². The van der Waals surface area contributed by atoms with Crippen LogP contribution in [0, 0.1) is 6.20 Å². The molecule has 0 spiro atoms.